The highest BCUT2D eigenvalue weighted by Crippen LogP contribution is 2.72. The van der Waals surface area contributed by atoms with Gasteiger partial charge in [0.25, 0.3) is 0 Å². The first-order chi connectivity index (χ1) is 9.79. The van der Waals surface area contributed by atoms with Gasteiger partial charge in [-0.25, -0.2) is 0 Å². The predicted molar refractivity (Wildman–Crippen MR) is 87.3 cm³/mol. The molecule has 0 aliphatic heterocycles. The van der Waals surface area contributed by atoms with E-state index in [0.29, 0.717) is 5.41 Å². The highest BCUT2D eigenvalue weighted by molar-refractivity contribution is 7.91. The van der Waals surface area contributed by atoms with Crippen LogP contribution in [-0.2, 0) is 16.8 Å². The molecular formula is C17H23NO2S. The molecule has 3 aliphatic carbocycles. The van der Waals surface area contributed by atoms with Crippen molar-refractivity contribution in [3.8, 4) is 5.75 Å². The van der Waals surface area contributed by atoms with Gasteiger partial charge in [0, 0.05) is 5.41 Å². The molecule has 1 aromatic carbocycles. The molecule has 0 N–H and O–H groups in total. The molecular weight excluding hydrogens is 282 g/mol. The summed E-state index contributed by atoms with van der Waals surface area (Å²) in [4.78, 5) is 0. The predicted octanol–water partition coefficient (Wildman–Crippen LogP) is 3.65. The van der Waals surface area contributed by atoms with Crippen molar-refractivity contribution in [2.24, 2.45) is 9.81 Å². The van der Waals surface area contributed by atoms with Crippen LogP contribution < -0.4 is 4.74 Å². The first kappa shape index (κ1) is 14.9. The fourth-order valence-corrected chi connectivity index (χ4v) is 4.21. The molecule has 0 aromatic heterocycles. The molecule has 1 unspecified atom stereocenters. The Morgan fingerprint density at radius 2 is 1.76 bits per heavy atom. The van der Waals surface area contributed by atoms with Gasteiger partial charge in [-0.2, -0.15) is 0 Å². The van der Waals surface area contributed by atoms with Gasteiger partial charge in [0.15, 0.2) is 0 Å². The Balaban J connectivity index is 1.63. The maximum absolute atomic E-state index is 12.0. The van der Waals surface area contributed by atoms with Crippen molar-refractivity contribution >= 4 is 17.6 Å². The quantitative estimate of drug-likeness (QED) is 0.629. The van der Waals surface area contributed by atoms with Gasteiger partial charge in [-0.05, 0) is 63.1 Å². The van der Waals surface area contributed by atoms with E-state index in [1.165, 1.54) is 5.56 Å². The SMILES string of the molecule is COc1ccc(C23CC(C=N[S+]([O-])C(C)(C)C)(C2)C3)cc1. The smallest absolute Gasteiger partial charge is 0.144 e. The van der Waals surface area contributed by atoms with E-state index in [9.17, 15) is 4.55 Å². The number of ether oxygens (including phenoxy) is 1. The summed E-state index contributed by atoms with van der Waals surface area (Å²) in [6.45, 7) is 5.88. The molecule has 3 aliphatic rings. The van der Waals surface area contributed by atoms with Gasteiger partial charge in [0.05, 0.1) is 13.3 Å². The van der Waals surface area contributed by atoms with Crippen LogP contribution in [0, 0.1) is 5.41 Å². The van der Waals surface area contributed by atoms with Gasteiger partial charge in [-0.15, -0.1) is 0 Å². The second-order valence-electron chi connectivity index (χ2n) is 7.50. The van der Waals surface area contributed by atoms with E-state index in [4.69, 9.17) is 4.74 Å². The highest BCUT2D eigenvalue weighted by atomic mass is 32.2. The molecule has 114 valence electrons. The second kappa shape index (κ2) is 4.75. The highest BCUT2D eigenvalue weighted by Gasteiger charge is 2.67. The summed E-state index contributed by atoms with van der Waals surface area (Å²) in [5.41, 5.74) is 1.94. The van der Waals surface area contributed by atoms with E-state index in [0.717, 1.165) is 25.0 Å². The number of methoxy groups -OCH3 is 1. The summed E-state index contributed by atoms with van der Waals surface area (Å²) in [7, 11) is 1.69. The normalized spacial score (nSPS) is 32.4. The Hall–Kier alpha value is -1.00. The standard InChI is InChI=1S/C17H23NO2S/c1-15(2,3)21(19)18-12-16-9-17(10-16,11-16)13-5-7-14(20-4)8-6-13/h5-8,12H,9-11H2,1-4H3. The van der Waals surface area contributed by atoms with Gasteiger partial charge in [0.1, 0.15) is 21.9 Å². The van der Waals surface area contributed by atoms with E-state index >= 15 is 0 Å². The van der Waals surface area contributed by atoms with E-state index < -0.39 is 11.4 Å². The third-order valence-corrected chi connectivity index (χ3v) is 6.06. The minimum Gasteiger partial charge on any atom is -0.591 e. The Morgan fingerprint density at radius 3 is 2.24 bits per heavy atom. The van der Waals surface area contributed by atoms with Crippen LogP contribution in [0.5, 0.6) is 5.75 Å². The molecule has 0 spiro atoms. The van der Waals surface area contributed by atoms with E-state index in [1.54, 1.807) is 7.11 Å². The van der Waals surface area contributed by atoms with Crippen LogP contribution in [0.15, 0.2) is 28.7 Å². The molecule has 3 nitrogen and oxygen atoms in total. The molecule has 0 heterocycles. The van der Waals surface area contributed by atoms with Crippen molar-refractivity contribution in [1.82, 2.24) is 0 Å². The van der Waals surface area contributed by atoms with Crippen molar-refractivity contribution in [2.75, 3.05) is 7.11 Å². The van der Waals surface area contributed by atoms with Crippen LogP contribution in [0.4, 0.5) is 0 Å². The van der Waals surface area contributed by atoms with Crippen molar-refractivity contribution in [1.29, 1.82) is 0 Å². The molecule has 1 atom stereocenters. The summed E-state index contributed by atoms with van der Waals surface area (Å²) in [6, 6.07) is 8.41. The summed E-state index contributed by atoms with van der Waals surface area (Å²) < 4.78 is 21.2. The van der Waals surface area contributed by atoms with Gasteiger partial charge in [-0.1, -0.05) is 16.5 Å². The average Bonchev–Trinajstić information content (AvgIpc) is 2.35. The molecule has 0 amide bonds. The molecule has 4 heteroatoms. The molecule has 1 aromatic rings. The Kier molecular flexibility index (Phi) is 3.37. The molecule has 2 bridgehead atoms. The lowest BCUT2D eigenvalue weighted by molar-refractivity contribution is -0.0776. The second-order valence-corrected chi connectivity index (χ2v) is 9.43. The summed E-state index contributed by atoms with van der Waals surface area (Å²) >= 11 is -1.14. The minimum absolute atomic E-state index is 0.209. The number of benzene rings is 1. The lowest BCUT2D eigenvalue weighted by Gasteiger charge is -2.69. The zero-order chi connectivity index (χ0) is 15.3. The third kappa shape index (κ3) is 2.49. The van der Waals surface area contributed by atoms with Crippen molar-refractivity contribution in [3.05, 3.63) is 29.8 Å². The van der Waals surface area contributed by atoms with Gasteiger partial charge in [0.2, 0.25) is 0 Å². The van der Waals surface area contributed by atoms with Crippen LogP contribution in [-0.4, -0.2) is 22.6 Å². The van der Waals surface area contributed by atoms with E-state index in [-0.39, 0.29) is 10.2 Å². The molecule has 3 saturated carbocycles. The van der Waals surface area contributed by atoms with Crippen molar-refractivity contribution in [3.63, 3.8) is 0 Å². The maximum atomic E-state index is 12.0. The minimum atomic E-state index is -1.14. The van der Waals surface area contributed by atoms with Gasteiger partial charge in [-0.3, -0.25) is 0 Å². The fourth-order valence-electron chi connectivity index (χ4n) is 3.57. The Bertz CT molecular complexity index is 539. The van der Waals surface area contributed by atoms with Crippen LogP contribution in [0.2, 0.25) is 0 Å². The maximum Gasteiger partial charge on any atom is 0.144 e. The monoisotopic (exact) mass is 305 g/mol. The van der Waals surface area contributed by atoms with Gasteiger partial charge < -0.3 is 9.29 Å². The van der Waals surface area contributed by atoms with Crippen LogP contribution in [0.3, 0.4) is 0 Å². The summed E-state index contributed by atoms with van der Waals surface area (Å²) in [6.07, 6.45) is 5.38. The van der Waals surface area contributed by atoms with Gasteiger partial charge >= 0.3 is 0 Å². The number of hydrogen-bond donors (Lipinski definition) is 0. The fraction of sp³-hybridized carbons (Fsp3) is 0.588. The largest absolute Gasteiger partial charge is 0.591 e. The molecule has 21 heavy (non-hydrogen) atoms. The van der Waals surface area contributed by atoms with E-state index in [1.807, 2.05) is 39.1 Å². The van der Waals surface area contributed by atoms with E-state index in [2.05, 4.69) is 16.5 Å². The Labute approximate surface area is 130 Å². The first-order valence-electron chi connectivity index (χ1n) is 7.41. The number of nitrogens with zero attached hydrogens (tertiary/aromatic N) is 1. The first-order valence-corrected chi connectivity index (χ1v) is 8.51. The Morgan fingerprint density at radius 1 is 1.19 bits per heavy atom. The zero-order valence-electron chi connectivity index (χ0n) is 13.2. The molecule has 0 radical (unpaired) electrons. The number of hydrogen-bond acceptors (Lipinski definition) is 3. The third-order valence-electron chi connectivity index (χ3n) is 4.72. The topological polar surface area (TPSA) is 44.6 Å². The number of rotatable bonds is 4. The summed E-state index contributed by atoms with van der Waals surface area (Å²) in [5, 5.41) is 0. The lowest BCUT2D eigenvalue weighted by Crippen LogP contribution is -2.65. The van der Waals surface area contributed by atoms with Crippen LogP contribution in [0.25, 0.3) is 0 Å². The van der Waals surface area contributed by atoms with Crippen molar-refractivity contribution < 1.29 is 9.29 Å². The van der Waals surface area contributed by atoms with Crippen LogP contribution >= 0.6 is 0 Å². The lowest BCUT2D eigenvalue weighted by atomic mass is 9.34. The zero-order valence-corrected chi connectivity index (χ0v) is 14.0. The molecule has 0 saturated heterocycles. The molecule has 3 fully saturated rings. The average molecular weight is 305 g/mol. The summed E-state index contributed by atoms with van der Waals surface area (Å²) in [5.74, 6) is 0.905. The van der Waals surface area contributed by atoms with Crippen molar-refractivity contribution in [2.45, 2.75) is 50.2 Å². The van der Waals surface area contributed by atoms with Crippen LogP contribution in [0.1, 0.15) is 45.6 Å². The molecule has 4 rings (SSSR count).